The summed E-state index contributed by atoms with van der Waals surface area (Å²) in [7, 11) is 5.11. The quantitative estimate of drug-likeness (QED) is 0.267. The van der Waals surface area contributed by atoms with Gasteiger partial charge in [-0.25, -0.2) is 0 Å². The number of anilines is 2. The van der Waals surface area contributed by atoms with E-state index in [2.05, 4.69) is 21.8 Å². The number of hydrogen-bond donors (Lipinski definition) is 2. The topological polar surface area (TPSA) is 106 Å². The molecule has 1 heterocycles. The number of amides is 1. The van der Waals surface area contributed by atoms with Crippen molar-refractivity contribution in [3.63, 3.8) is 0 Å². The van der Waals surface area contributed by atoms with Crippen molar-refractivity contribution < 1.29 is 14.3 Å². The van der Waals surface area contributed by atoms with Gasteiger partial charge in [0.1, 0.15) is 17.3 Å². The van der Waals surface area contributed by atoms with Crippen LogP contribution in [0.5, 0.6) is 11.5 Å². The predicted molar refractivity (Wildman–Crippen MR) is 151 cm³/mol. The van der Waals surface area contributed by atoms with E-state index in [9.17, 15) is 4.79 Å². The molecule has 1 aliphatic rings. The standard InChI is InChI=1S/C27H29Cl2N5O3/c1-33-9-11-34(12-10-33)18-6-4-5-17(13-18)27(35)32-26(31)19-8-7-16(14-20(19)30)23-24(28)21(36-2)15-22(37-3)25(23)29/h4-8,13-15H,9-12,30H2,1-3H3,(H2,31,32,35). The number of aliphatic imine (C=N–C) groups is 1. The van der Waals surface area contributed by atoms with Gasteiger partial charge in [-0.3, -0.25) is 4.79 Å². The van der Waals surface area contributed by atoms with E-state index >= 15 is 0 Å². The summed E-state index contributed by atoms with van der Waals surface area (Å²) in [5.41, 5.74) is 15.8. The van der Waals surface area contributed by atoms with Gasteiger partial charge in [-0.1, -0.05) is 35.3 Å². The second-order valence-electron chi connectivity index (χ2n) is 8.73. The molecule has 194 valence electrons. The van der Waals surface area contributed by atoms with Crippen LogP contribution in [-0.4, -0.2) is 64.1 Å². The number of carbonyl (C=O) groups is 1. The SMILES string of the molecule is COc1cc(OC)c(Cl)c(-c2ccc(C(N)=NC(=O)c3cccc(N4CCN(C)CC4)c3)c(N)c2)c1Cl. The molecule has 3 aromatic carbocycles. The molecule has 3 aromatic rings. The first kappa shape index (κ1) is 26.6. The molecular weight excluding hydrogens is 513 g/mol. The minimum atomic E-state index is -0.444. The van der Waals surface area contributed by atoms with Crippen molar-refractivity contribution in [2.24, 2.45) is 10.7 Å². The third-order valence-electron chi connectivity index (χ3n) is 6.37. The van der Waals surface area contributed by atoms with Crippen molar-refractivity contribution >= 4 is 46.3 Å². The van der Waals surface area contributed by atoms with Crippen molar-refractivity contribution in [3.05, 3.63) is 69.7 Å². The van der Waals surface area contributed by atoms with Gasteiger partial charge in [0.2, 0.25) is 0 Å². The summed E-state index contributed by atoms with van der Waals surface area (Å²) >= 11 is 13.1. The summed E-state index contributed by atoms with van der Waals surface area (Å²) in [6, 6.07) is 14.1. The monoisotopic (exact) mass is 541 g/mol. The number of carbonyl (C=O) groups excluding carboxylic acids is 1. The van der Waals surface area contributed by atoms with Crippen LogP contribution >= 0.6 is 23.2 Å². The molecule has 8 nitrogen and oxygen atoms in total. The molecule has 4 N–H and O–H groups in total. The molecule has 0 aromatic heterocycles. The molecule has 0 atom stereocenters. The summed E-state index contributed by atoms with van der Waals surface area (Å²) in [6.07, 6.45) is 0. The van der Waals surface area contributed by atoms with Crippen LogP contribution in [0.3, 0.4) is 0 Å². The second-order valence-corrected chi connectivity index (χ2v) is 9.48. The Morgan fingerprint density at radius 3 is 2.19 bits per heavy atom. The smallest absolute Gasteiger partial charge is 0.279 e. The molecule has 4 rings (SSSR count). The first-order chi connectivity index (χ1) is 17.7. The number of halogens is 2. The van der Waals surface area contributed by atoms with Crippen molar-refractivity contribution in [2.75, 3.05) is 58.1 Å². The minimum Gasteiger partial charge on any atom is -0.495 e. The molecule has 0 unspecified atom stereocenters. The van der Waals surface area contributed by atoms with Crippen LogP contribution in [-0.2, 0) is 0 Å². The summed E-state index contributed by atoms with van der Waals surface area (Å²) in [5.74, 6) is 0.386. The summed E-state index contributed by atoms with van der Waals surface area (Å²) in [4.78, 5) is 21.6. The number of benzene rings is 3. The molecule has 0 radical (unpaired) electrons. The number of nitrogens with two attached hydrogens (primary N) is 2. The predicted octanol–water partition coefficient (Wildman–Crippen LogP) is 4.56. The number of nitrogen functional groups attached to an aromatic ring is 1. The van der Waals surface area contributed by atoms with E-state index in [1.807, 2.05) is 18.2 Å². The van der Waals surface area contributed by atoms with Gasteiger partial charge in [-0.15, -0.1) is 0 Å². The molecule has 0 saturated carbocycles. The zero-order chi connectivity index (χ0) is 26.7. The number of ether oxygens (including phenoxy) is 2. The van der Waals surface area contributed by atoms with E-state index in [1.54, 1.807) is 30.3 Å². The maximum absolute atomic E-state index is 12.9. The van der Waals surface area contributed by atoms with Crippen LogP contribution in [0, 0.1) is 0 Å². The van der Waals surface area contributed by atoms with Crippen LogP contribution in [0.15, 0.2) is 53.5 Å². The average Bonchev–Trinajstić information content (AvgIpc) is 2.89. The number of methoxy groups -OCH3 is 2. The average molecular weight is 542 g/mol. The van der Waals surface area contributed by atoms with E-state index in [0.29, 0.717) is 49.5 Å². The van der Waals surface area contributed by atoms with Crippen LogP contribution < -0.4 is 25.8 Å². The van der Waals surface area contributed by atoms with Crippen LogP contribution in [0.2, 0.25) is 10.0 Å². The van der Waals surface area contributed by atoms with Crippen LogP contribution in [0.1, 0.15) is 15.9 Å². The first-order valence-electron chi connectivity index (χ1n) is 11.7. The van der Waals surface area contributed by atoms with Crippen LogP contribution in [0.4, 0.5) is 11.4 Å². The Bertz CT molecular complexity index is 1330. The van der Waals surface area contributed by atoms with Crippen LogP contribution in [0.25, 0.3) is 11.1 Å². The van der Waals surface area contributed by atoms with Crippen molar-refractivity contribution in [2.45, 2.75) is 0 Å². The Labute approximate surface area is 226 Å². The van der Waals surface area contributed by atoms with E-state index in [-0.39, 0.29) is 5.84 Å². The third-order valence-corrected chi connectivity index (χ3v) is 7.12. The molecule has 0 aliphatic carbocycles. The lowest BCUT2D eigenvalue weighted by atomic mass is 10.0. The number of hydrogen-bond acceptors (Lipinski definition) is 6. The molecule has 1 fully saturated rings. The fourth-order valence-electron chi connectivity index (χ4n) is 4.23. The summed E-state index contributed by atoms with van der Waals surface area (Å²) < 4.78 is 10.7. The summed E-state index contributed by atoms with van der Waals surface area (Å²) in [6.45, 7) is 3.74. The fourth-order valence-corrected chi connectivity index (χ4v) is 4.94. The van der Waals surface area contributed by atoms with Gasteiger partial charge >= 0.3 is 0 Å². The van der Waals surface area contributed by atoms with E-state index in [4.69, 9.17) is 44.1 Å². The zero-order valence-electron chi connectivity index (χ0n) is 20.9. The number of likely N-dealkylation sites (N-methyl/N-ethyl adjacent to an activating group) is 1. The van der Waals surface area contributed by atoms with E-state index in [0.717, 1.165) is 31.9 Å². The highest BCUT2D eigenvalue weighted by Gasteiger charge is 2.20. The van der Waals surface area contributed by atoms with Gasteiger partial charge in [-0.05, 0) is 42.9 Å². The lowest BCUT2D eigenvalue weighted by molar-refractivity contribution is 0.100. The van der Waals surface area contributed by atoms with Gasteiger partial charge in [-0.2, -0.15) is 4.99 Å². The Morgan fingerprint density at radius 2 is 1.59 bits per heavy atom. The normalized spacial score (nSPS) is 14.5. The molecule has 10 heteroatoms. The fraction of sp³-hybridized carbons (Fsp3) is 0.259. The maximum atomic E-state index is 12.9. The number of amidine groups is 1. The molecular formula is C27H29Cl2N5O3. The van der Waals surface area contributed by atoms with Crippen molar-refractivity contribution in [1.82, 2.24) is 4.90 Å². The highest BCUT2D eigenvalue weighted by atomic mass is 35.5. The van der Waals surface area contributed by atoms with Gasteiger partial charge in [0.05, 0.1) is 24.3 Å². The van der Waals surface area contributed by atoms with Crippen molar-refractivity contribution in [3.8, 4) is 22.6 Å². The Morgan fingerprint density at radius 1 is 0.946 bits per heavy atom. The maximum Gasteiger partial charge on any atom is 0.279 e. The molecule has 1 saturated heterocycles. The molecule has 1 aliphatic heterocycles. The van der Waals surface area contributed by atoms with Gasteiger partial charge < -0.3 is 30.7 Å². The Balaban J connectivity index is 1.61. The van der Waals surface area contributed by atoms with Crippen molar-refractivity contribution in [1.29, 1.82) is 0 Å². The highest BCUT2D eigenvalue weighted by Crippen LogP contribution is 2.46. The third kappa shape index (κ3) is 5.61. The van der Waals surface area contributed by atoms with E-state index in [1.165, 1.54) is 14.2 Å². The Hall–Kier alpha value is -3.46. The molecule has 37 heavy (non-hydrogen) atoms. The number of piperazine rings is 1. The van der Waals surface area contributed by atoms with E-state index < -0.39 is 5.91 Å². The number of rotatable bonds is 6. The highest BCUT2D eigenvalue weighted by molar-refractivity contribution is 6.41. The number of nitrogens with zero attached hydrogens (tertiary/aromatic N) is 3. The lowest BCUT2D eigenvalue weighted by Crippen LogP contribution is -2.44. The van der Waals surface area contributed by atoms with Gasteiger partial charge in [0, 0.05) is 60.3 Å². The lowest BCUT2D eigenvalue weighted by Gasteiger charge is -2.34. The minimum absolute atomic E-state index is 0.0134. The molecule has 1 amide bonds. The summed E-state index contributed by atoms with van der Waals surface area (Å²) in [5, 5.41) is 0.634. The van der Waals surface area contributed by atoms with Gasteiger partial charge in [0.15, 0.2) is 0 Å². The molecule has 0 spiro atoms. The zero-order valence-corrected chi connectivity index (χ0v) is 22.4. The second kappa shape index (κ2) is 11.3. The van der Waals surface area contributed by atoms with Gasteiger partial charge in [0.25, 0.3) is 5.91 Å². The largest absolute Gasteiger partial charge is 0.495 e. The first-order valence-corrected chi connectivity index (χ1v) is 12.4. The molecule has 0 bridgehead atoms. The Kier molecular flexibility index (Phi) is 8.12.